The van der Waals surface area contributed by atoms with Crippen molar-refractivity contribution < 1.29 is 30.0 Å². The summed E-state index contributed by atoms with van der Waals surface area (Å²) in [7, 11) is -7.85. The maximum Gasteiger partial charge on any atom is 0.416 e. The van der Waals surface area contributed by atoms with Gasteiger partial charge in [0.25, 0.3) is 10.0 Å². The van der Waals surface area contributed by atoms with Crippen molar-refractivity contribution in [1.82, 2.24) is 4.98 Å². The summed E-state index contributed by atoms with van der Waals surface area (Å²) in [5.74, 6) is -0.434. The number of alkyl halides is 3. The number of sulfonamides is 1. The number of sulfone groups is 1. The first-order valence-electron chi connectivity index (χ1n) is 8.50. The molecule has 0 saturated carbocycles. The number of nitrogens with zero attached hydrogens (tertiary/aromatic N) is 1. The van der Waals surface area contributed by atoms with Crippen LogP contribution in [0.15, 0.2) is 64.5 Å². The number of aromatic nitrogens is 1. The number of aryl methyl sites for hydroxylation is 1. The van der Waals surface area contributed by atoms with E-state index >= 15 is 0 Å². The van der Waals surface area contributed by atoms with Gasteiger partial charge in [-0.25, -0.2) is 21.8 Å². The molecule has 0 amide bonds. The van der Waals surface area contributed by atoms with Crippen LogP contribution in [0.3, 0.4) is 0 Å². The number of benzene rings is 2. The van der Waals surface area contributed by atoms with E-state index < -0.39 is 37.4 Å². The normalized spacial score (nSPS) is 12.6. The molecule has 0 unspecified atom stereocenters. The maximum absolute atomic E-state index is 12.8. The summed E-state index contributed by atoms with van der Waals surface area (Å²) in [6.07, 6.45) is -3.36. The van der Waals surface area contributed by atoms with Crippen LogP contribution in [-0.4, -0.2) is 27.6 Å². The topological polar surface area (TPSA) is 93.2 Å². The Balaban J connectivity index is 1.72. The molecule has 31 heavy (non-hydrogen) atoms. The Bertz CT molecular complexity index is 1290. The second-order valence-corrected chi connectivity index (χ2v) is 11.8. The van der Waals surface area contributed by atoms with E-state index in [-0.39, 0.29) is 26.9 Å². The number of hydrogen-bond donors (Lipinski definition) is 1. The van der Waals surface area contributed by atoms with Crippen LogP contribution in [0.2, 0.25) is 4.34 Å². The van der Waals surface area contributed by atoms with Crippen molar-refractivity contribution in [3.63, 3.8) is 0 Å². The number of hydrogen-bond acceptors (Lipinski definition) is 6. The summed E-state index contributed by atoms with van der Waals surface area (Å²) in [6.45, 7) is 0. The fraction of sp³-hybridized carbons (Fsp3) is 0.167. The summed E-state index contributed by atoms with van der Waals surface area (Å²) in [5.41, 5.74) is -0.630. The number of rotatable bonds is 7. The Morgan fingerprint density at radius 2 is 1.65 bits per heavy atom. The van der Waals surface area contributed by atoms with E-state index in [1.165, 1.54) is 18.3 Å². The van der Waals surface area contributed by atoms with Crippen molar-refractivity contribution in [2.24, 2.45) is 0 Å². The van der Waals surface area contributed by atoms with Gasteiger partial charge in [0.2, 0.25) is 0 Å². The third-order valence-electron chi connectivity index (χ3n) is 4.11. The van der Waals surface area contributed by atoms with Crippen LogP contribution < -0.4 is 4.72 Å². The average molecular weight is 511 g/mol. The van der Waals surface area contributed by atoms with Crippen LogP contribution in [-0.2, 0) is 32.5 Å². The van der Waals surface area contributed by atoms with E-state index in [9.17, 15) is 30.0 Å². The predicted molar refractivity (Wildman–Crippen MR) is 112 cm³/mol. The highest BCUT2D eigenvalue weighted by molar-refractivity contribution is 7.93. The van der Waals surface area contributed by atoms with Crippen LogP contribution >= 0.6 is 22.9 Å². The zero-order valence-electron chi connectivity index (χ0n) is 15.4. The van der Waals surface area contributed by atoms with E-state index in [1.54, 1.807) is 0 Å². The monoisotopic (exact) mass is 510 g/mol. The highest BCUT2D eigenvalue weighted by Gasteiger charge is 2.30. The van der Waals surface area contributed by atoms with Gasteiger partial charge in [-0.1, -0.05) is 41.1 Å². The quantitative estimate of drug-likeness (QED) is 0.500. The molecular formula is C18H14ClF3N2O4S3. The molecule has 0 bridgehead atoms. The molecule has 3 rings (SSSR count). The molecule has 13 heteroatoms. The Kier molecular flexibility index (Phi) is 6.65. The summed E-state index contributed by atoms with van der Waals surface area (Å²) in [5, 5.41) is 0.0581. The molecule has 1 heterocycles. The maximum atomic E-state index is 12.8. The molecule has 0 radical (unpaired) electrons. The molecule has 0 aliphatic rings. The SMILES string of the molecule is O=S(=O)(CCc1cccc(C(F)(F)F)c1)c1ccc(S(=O)(=O)Nc2ncc(Cl)s2)cc1. The van der Waals surface area contributed by atoms with Gasteiger partial charge in [0.1, 0.15) is 4.34 Å². The standard InChI is InChI=1S/C18H14ClF3N2O4S3/c19-16-11-23-17(29-16)24-31(27,28)15-6-4-14(5-7-15)30(25,26)9-8-12-2-1-3-13(10-12)18(20,21)22/h1-7,10-11H,8-9H2,(H,23,24). The smallest absolute Gasteiger partial charge is 0.255 e. The second-order valence-electron chi connectivity index (χ2n) is 6.31. The van der Waals surface area contributed by atoms with E-state index in [2.05, 4.69) is 9.71 Å². The summed E-state index contributed by atoms with van der Waals surface area (Å²) in [4.78, 5) is 3.46. The van der Waals surface area contributed by atoms with Crippen LogP contribution in [0.1, 0.15) is 11.1 Å². The second kappa shape index (κ2) is 8.77. The molecule has 0 aliphatic heterocycles. The lowest BCUT2D eigenvalue weighted by Crippen LogP contribution is -2.14. The third-order valence-corrected chi connectivity index (χ3v) is 8.35. The van der Waals surface area contributed by atoms with Crippen molar-refractivity contribution in [1.29, 1.82) is 0 Å². The Labute approximate surface area is 185 Å². The van der Waals surface area contributed by atoms with Crippen LogP contribution in [0.25, 0.3) is 0 Å². The molecule has 3 aromatic rings. The lowest BCUT2D eigenvalue weighted by Gasteiger charge is -2.10. The van der Waals surface area contributed by atoms with Crippen LogP contribution in [0, 0.1) is 0 Å². The molecule has 166 valence electrons. The molecule has 0 spiro atoms. The molecule has 0 aliphatic carbocycles. The summed E-state index contributed by atoms with van der Waals surface area (Å²) in [6, 6.07) is 8.94. The molecule has 1 N–H and O–H groups in total. The molecular weight excluding hydrogens is 497 g/mol. The van der Waals surface area contributed by atoms with Gasteiger partial charge >= 0.3 is 6.18 Å². The lowest BCUT2D eigenvalue weighted by molar-refractivity contribution is -0.137. The first-order valence-corrected chi connectivity index (χ1v) is 12.8. The molecule has 0 saturated heterocycles. The molecule has 0 fully saturated rings. The van der Waals surface area contributed by atoms with E-state index in [0.29, 0.717) is 4.34 Å². The summed E-state index contributed by atoms with van der Waals surface area (Å²) < 4.78 is 90.7. The molecule has 2 aromatic carbocycles. The average Bonchev–Trinajstić information content (AvgIpc) is 3.10. The molecule has 0 atom stereocenters. The van der Waals surface area contributed by atoms with E-state index in [0.717, 1.165) is 47.7 Å². The van der Waals surface area contributed by atoms with E-state index in [4.69, 9.17) is 11.6 Å². The zero-order valence-corrected chi connectivity index (χ0v) is 18.6. The Hall–Kier alpha value is -2.15. The van der Waals surface area contributed by atoms with Crippen molar-refractivity contribution in [2.75, 3.05) is 10.5 Å². The Morgan fingerprint density at radius 3 is 2.23 bits per heavy atom. The fourth-order valence-electron chi connectivity index (χ4n) is 2.57. The molecule has 1 aromatic heterocycles. The minimum Gasteiger partial charge on any atom is -0.255 e. The lowest BCUT2D eigenvalue weighted by atomic mass is 10.1. The highest BCUT2D eigenvalue weighted by Crippen LogP contribution is 2.30. The number of halogens is 4. The van der Waals surface area contributed by atoms with Gasteiger partial charge in [-0.05, 0) is 42.3 Å². The van der Waals surface area contributed by atoms with Crippen molar-refractivity contribution >= 4 is 47.9 Å². The number of nitrogens with one attached hydrogen (secondary N) is 1. The first-order chi connectivity index (χ1) is 14.4. The largest absolute Gasteiger partial charge is 0.416 e. The van der Waals surface area contributed by atoms with Crippen molar-refractivity contribution in [2.45, 2.75) is 22.4 Å². The minimum atomic E-state index is -4.52. The number of anilines is 1. The Morgan fingerprint density at radius 1 is 1.00 bits per heavy atom. The van der Waals surface area contributed by atoms with Gasteiger partial charge in [-0.15, -0.1) is 0 Å². The van der Waals surface area contributed by atoms with Gasteiger partial charge in [0.15, 0.2) is 15.0 Å². The van der Waals surface area contributed by atoms with Gasteiger partial charge in [0, 0.05) is 0 Å². The van der Waals surface area contributed by atoms with Crippen LogP contribution in [0.5, 0.6) is 0 Å². The van der Waals surface area contributed by atoms with Gasteiger partial charge in [0.05, 0.1) is 27.3 Å². The minimum absolute atomic E-state index is 0.0581. The summed E-state index contributed by atoms with van der Waals surface area (Å²) >= 11 is 6.63. The van der Waals surface area contributed by atoms with Crippen molar-refractivity contribution in [3.8, 4) is 0 Å². The van der Waals surface area contributed by atoms with Crippen molar-refractivity contribution in [3.05, 3.63) is 70.2 Å². The zero-order chi connectivity index (χ0) is 22.9. The van der Waals surface area contributed by atoms with Gasteiger partial charge in [-0.3, -0.25) is 4.72 Å². The van der Waals surface area contributed by atoms with Crippen LogP contribution in [0.4, 0.5) is 18.3 Å². The fourth-order valence-corrected chi connectivity index (χ4v) is 5.92. The van der Waals surface area contributed by atoms with Gasteiger partial charge < -0.3 is 0 Å². The number of thiazole rings is 1. The highest BCUT2D eigenvalue weighted by atomic mass is 35.5. The van der Waals surface area contributed by atoms with Gasteiger partial charge in [-0.2, -0.15) is 13.2 Å². The van der Waals surface area contributed by atoms with E-state index in [1.807, 2.05) is 0 Å². The third kappa shape index (κ3) is 5.97. The first kappa shape index (κ1) is 23.5. The molecule has 6 nitrogen and oxygen atoms in total. The predicted octanol–water partition coefficient (Wildman–Crippen LogP) is 4.63.